The Labute approximate surface area is 233 Å². The van der Waals surface area contributed by atoms with E-state index in [-0.39, 0.29) is 24.3 Å². The summed E-state index contributed by atoms with van der Waals surface area (Å²) in [7, 11) is 0. The molecule has 8 nitrogen and oxygen atoms in total. The van der Waals surface area contributed by atoms with Gasteiger partial charge in [0.15, 0.2) is 0 Å². The van der Waals surface area contributed by atoms with Gasteiger partial charge in [0.2, 0.25) is 17.7 Å². The van der Waals surface area contributed by atoms with E-state index in [1.54, 1.807) is 0 Å². The van der Waals surface area contributed by atoms with Gasteiger partial charge in [0.1, 0.15) is 11.6 Å². The number of hydrogen-bond acceptors (Lipinski definition) is 5. The van der Waals surface area contributed by atoms with Crippen molar-refractivity contribution in [3.8, 4) is 0 Å². The molecule has 8 heteroatoms. The molecule has 40 heavy (non-hydrogen) atoms. The second kappa shape index (κ2) is 10.0. The molecule has 2 unspecified atom stereocenters. The SMILES string of the molecule is CCCNC(=O)[C@H]1[C@H]2C(=O)N([C@H](CO)c3ccccc3)C(C(=O)Nc3ccc4ccccc4c3)C23CC[C@]1(C)O3. The van der Waals surface area contributed by atoms with Gasteiger partial charge in [0.25, 0.3) is 0 Å². The molecule has 2 bridgehead atoms. The van der Waals surface area contributed by atoms with Gasteiger partial charge in [-0.25, -0.2) is 0 Å². The van der Waals surface area contributed by atoms with Crippen LogP contribution in [0.5, 0.6) is 0 Å². The summed E-state index contributed by atoms with van der Waals surface area (Å²) in [5.41, 5.74) is -0.714. The van der Waals surface area contributed by atoms with Crippen LogP contribution in [0.2, 0.25) is 0 Å². The van der Waals surface area contributed by atoms with Crippen LogP contribution in [0.4, 0.5) is 5.69 Å². The number of nitrogens with one attached hydrogen (secondary N) is 2. The Morgan fingerprint density at radius 2 is 1.75 bits per heavy atom. The lowest BCUT2D eigenvalue weighted by Gasteiger charge is -2.37. The van der Waals surface area contributed by atoms with E-state index in [1.807, 2.05) is 86.6 Å². The van der Waals surface area contributed by atoms with Gasteiger partial charge in [0.05, 0.1) is 30.1 Å². The van der Waals surface area contributed by atoms with Crippen LogP contribution in [0.3, 0.4) is 0 Å². The number of anilines is 1. The molecule has 6 rings (SSSR count). The predicted molar refractivity (Wildman–Crippen MR) is 151 cm³/mol. The van der Waals surface area contributed by atoms with Crippen LogP contribution < -0.4 is 10.6 Å². The number of carbonyl (C=O) groups is 3. The highest BCUT2D eigenvalue weighted by molar-refractivity contribution is 6.04. The van der Waals surface area contributed by atoms with Crippen molar-refractivity contribution in [2.45, 2.75) is 56.4 Å². The lowest BCUT2D eigenvalue weighted by atomic mass is 9.66. The highest BCUT2D eigenvalue weighted by atomic mass is 16.5. The summed E-state index contributed by atoms with van der Waals surface area (Å²) in [5, 5.41) is 18.6. The Morgan fingerprint density at radius 3 is 2.48 bits per heavy atom. The van der Waals surface area contributed by atoms with E-state index in [4.69, 9.17) is 4.74 Å². The third kappa shape index (κ3) is 4.00. The molecule has 3 aliphatic rings. The average Bonchev–Trinajstić information content (AvgIpc) is 3.53. The van der Waals surface area contributed by atoms with E-state index in [0.29, 0.717) is 30.6 Å². The Bertz CT molecular complexity index is 1460. The Morgan fingerprint density at radius 1 is 1.02 bits per heavy atom. The standard InChI is InChI=1S/C32H35N3O5/c1-3-17-33-28(37)25-26-30(39)35(24(19-36)21-10-5-4-6-11-21)27(32(26)16-15-31(25,2)40-32)29(38)34-23-14-13-20-9-7-8-12-22(20)18-23/h4-14,18,24-27,36H,3,15-17,19H2,1-2H3,(H,33,37)(H,34,38)/t24-,25-,26+,27?,31+,32?/m1/s1. The fraction of sp³-hybridized carbons (Fsp3) is 0.406. The summed E-state index contributed by atoms with van der Waals surface area (Å²) < 4.78 is 6.69. The first-order valence-corrected chi connectivity index (χ1v) is 14.1. The number of ether oxygens (including phenoxy) is 1. The molecular formula is C32H35N3O5. The Kier molecular flexibility index (Phi) is 6.63. The molecule has 6 atom stereocenters. The van der Waals surface area contributed by atoms with E-state index < -0.39 is 35.1 Å². The number of carbonyl (C=O) groups excluding carboxylic acids is 3. The fourth-order valence-electron chi connectivity index (χ4n) is 7.27. The molecular weight excluding hydrogens is 506 g/mol. The number of aliphatic hydroxyl groups excluding tert-OH is 1. The summed E-state index contributed by atoms with van der Waals surface area (Å²) >= 11 is 0. The maximum Gasteiger partial charge on any atom is 0.250 e. The third-order valence-electron chi connectivity index (χ3n) is 9.00. The number of aliphatic hydroxyl groups is 1. The second-order valence-electron chi connectivity index (χ2n) is 11.4. The summed E-state index contributed by atoms with van der Waals surface area (Å²) in [5.74, 6) is -2.49. The molecule has 3 saturated heterocycles. The number of rotatable bonds is 8. The van der Waals surface area contributed by atoms with E-state index in [9.17, 15) is 19.5 Å². The minimum Gasteiger partial charge on any atom is -0.394 e. The molecule has 0 saturated carbocycles. The minimum absolute atomic E-state index is 0.222. The predicted octanol–water partition coefficient (Wildman–Crippen LogP) is 3.80. The van der Waals surface area contributed by atoms with E-state index in [0.717, 1.165) is 17.2 Å². The van der Waals surface area contributed by atoms with E-state index in [2.05, 4.69) is 10.6 Å². The quantitative estimate of drug-likeness (QED) is 0.402. The molecule has 0 radical (unpaired) electrons. The van der Waals surface area contributed by atoms with Crippen LogP contribution in [0, 0.1) is 11.8 Å². The highest BCUT2D eigenvalue weighted by Gasteiger charge is 2.78. The van der Waals surface area contributed by atoms with Gasteiger partial charge in [-0.05, 0) is 54.7 Å². The lowest BCUT2D eigenvalue weighted by molar-refractivity contribution is -0.148. The molecule has 3 heterocycles. The van der Waals surface area contributed by atoms with E-state index >= 15 is 0 Å². The molecule has 0 aliphatic carbocycles. The second-order valence-corrected chi connectivity index (χ2v) is 11.4. The van der Waals surface area contributed by atoms with Gasteiger partial charge >= 0.3 is 0 Å². The van der Waals surface area contributed by atoms with Crippen LogP contribution >= 0.6 is 0 Å². The minimum atomic E-state index is -1.18. The first-order chi connectivity index (χ1) is 19.3. The summed E-state index contributed by atoms with van der Waals surface area (Å²) in [6, 6.07) is 21.0. The highest BCUT2D eigenvalue weighted by Crippen LogP contribution is 2.64. The van der Waals surface area contributed by atoms with Gasteiger partial charge in [-0.1, -0.05) is 67.6 Å². The zero-order chi connectivity index (χ0) is 28.1. The first kappa shape index (κ1) is 26.5. The third-order valence-corrected chi connectivity index (χ3v) is 9.00. The molecule has 3 aromatic carbocycles. The zero-order valence-electron chi connectivity index (χ0n) is 22.8. The lowest BCUT2D eigenvalue weighted by Crippen LogP contribution is -2.54. The van der Waals surface area contributed by atoms with Crippen LogP contribution in [-0.2, 0) is 19.1 Å². The van der Waals surface area contributed by atoms with Gasteiger partial charge in [-0.15, -0.1) is 0 Å². The molecule has 3 amide bonds. The Balaban J connectivity index is 1.43. The molecule has 3 N–H and O–H groups in total. The van der Waals surface area contributed by atoms with Gasteiger partial charge < -0.3 is 25.4 Å². The van der Waals surface area contributed by atoms with Crippen LogP contribution in [0.1, 0.15) is 44.7 Å². The molecule has 3 fully saturated rings. The average molecular weight is 542 g/mol. The van der Waals surface area contributed by atoms with Crippen molar-refractivity contribution < 1.29 is 24.2 Å². The molecule has 208 valence electrons. The van der Waals surface area contributed by atoms with Crippen LogP contribution in [0.15, 0.2) is 72.8 Å². The summed E-state index contributed by atoms with van der Waals surface area (Å²) in [4.78, 5) is 43.6. The number of fused-ring (bicyclic) bond motifs is 2. The van der Waals surface area contributed by atoms with Crippen molar-refractivity contribution in [3.63, 3.8) is 0 Å². The van der Waals surface area contributed by atoms with Crippen molar-refractivity contribution in [2.75, 3.05) is 18.5 Å². The molecule has 0 aromatic heterocycles. The molecule has 3 aliphatic heterocycles. The van der Waals surface area contributed by atoms with Gasteiger partial charge in [-0.2, -0.15) is 0 Å². The normalized spacial score (nSPS) is 29.4. The van der Waals surface area contributed by atoms with Crippen molar-refractivity contribution in [2.24, 2.45) is 11.8 Å². The monoisotopic (exact) mass is 541 g/mol. The maximum absolute atomic E-state index is 14.4. The number of hydrogen-bond donors (Lipinski definition) is 3. The van der Waals surface area contributed by atoms with Crippen molar-refractivity contribution in [3.05, 3.63) is 78.4 Å². The van der Waals surface area contributed by atoms with Crippen molar-refractivity contribution >= 4 is 34.2 Å². The fourth-order valence-corrected chi connectivity index (χ4v) is 7.27. The number of nitrogens with zero attached hydrogens (tertiary/aromatic N) is 1. The number of benzene rings is 3. The topological polar surface area (TPSA) is 108 Å². The maximum atomic E-state index is 14.4. The number of amides is 3. The summed E-state index contributed by atoms with van der Waals surface area (Å²) in [6.07, 6.45) is 1.80. The van der Waals surface area contributed by atoms with Gasteiger partial charge in [-0.3, -0.25) is 14.4 Å². The molecule has 1 spiro atoms. The van der Waals surface area contributed by atoms with Crippen LogP contribution in [-0.4, -0.2) is 58.1 Å². The summed E-state index contributed by atoms with van der Waals surface area (Å²) in [6.45, 7) is 3.98. The zero-order valence-corrected chi connectivity index (χ0v) is 22.8. The van der Waals surface area contributed by atoms with Gasteiger partial charge in [0, 0.05) is 12.2 Å². The van der Waals surface area contributed by atoms with E-state index in [1.165, 1.54) is 4.90 Å². The largest absolute Gasteiger partial charge is 0.394 e. The smallest absolute Gasteiger partial charge is 0.250 e. The van der Waals surface area contributed by atoms with Crippen molar-refractivity contribution in [1.82, 2.24) is 10.2 Å². The molecule has 3 aromatic rings. The van der Waals surface area contributed by atoms with Crippen LogP contribution in [0.25, 0.3) is 10.8 Å². The Hall–Kier alpha value is -3.75. The first-order valence-electron chi connectivity index (χ1n) is 14.1. The number of likely N-dealkylation sites (tertiary alicyclic amines) is 1. The van der Waals surface area contributed by atoms with Crippen molar-refractivity contribution in [1.29, 1.82) is 0 Å².